The van der Waals surface area contributed by atoms with Crippen molar-refractivity contribution in [2.75, 3.05) is 13.1 Å². The number of pyridine rings is 1. The van der Waals surface area contributed by atoms with Crippen LogP contribution in [0, 0.1) is 18.8 Å². The van der Waals surface area contributed by atoms with E-state index in [1.54, 1.807) is 6.26 Å². The number of aryl methyl sites for hydroxylation is 1. The Kier molecular flexibility index (Phi) is 6.60. The molecule has 6 rings (SSSR count). The van der Waals surface area contributed by atoms with E-state index < -0.39 is 17.3 Å². The molecular weight excluding hydrogens is 517 g/mol. The SMILES string of the molecule is Cc1conc1C1(c2cccc(-c3cnc4c(C(F)(F)F)cc(CN5CCC[C@H](C)C5)cn4c3=O)c2)CC(C)C1. The average Bonchev–Trinajstić information content (AvgIpc) is 3.32. The van der Waals surface area contributed by atoms with Gasteiger partial charge in [-0.25, -0.2) is 4.98 Å². The number of benzene rings is 1. The summed E-state index contributed by atoms with van der Waals surface area (Å²) in [5.41, 5.74) is 2.09. The first-order valence-electron chi connectivity index (χ1n) is 13.9. The number of hydrogen-bond donors (Lipinski definition) is 0. The predicted octanol–water partition coefficient (Wildman–Crippen LogP) is 6.62. The summed E-state index contributed by atoms with van der Waals surface area (Å²) in [7, 11) is 0. The predicted molar refractivity (Wildman–Crippen MR) is 146 cm³/mol. The summed E-state index contributed by atoms with van der Waals surface area (Å²) < 4.78 is 48.8. The zero-order valence-electron chi connectivity index (χ0n) is 23.0. The van der Waals surface area contributed by atoms with Crippen LogP contribution in [0.3, 0.4) is 0 Å². The number of aromatic nitrogens is 3. The molecule has 1 saturated carbocycles. The molecule has 0 amide bonds. The molecule has 2 aliphatic rings. The summed E-state index contributed by atoms with van der Waals surface area (Å²) in [6, 6.07) is 8.81. The second-order valence-electron chi connectivity index (χ2n) is 11.9. The fraction of sp³-hybridized carbons (Fsp3) is 0.452. The lowest BCUT2D eigenvalue weighted by molar-refractivity contribution is -0.136. The maximum absolute atomic E-state index is 14.1. The smallest absolute Gasteiger partial charge is 0.364 e. The minimum absolute atomic E-state index is 0.260. The van der Waals surface area contributed by atoms with Crippen LogP contribution in [0.5, 0.6) is 0 Å². The third-order valence-corrected chi connectivity index (χ3v) is 8.63. The molecule has 1 atom stereocenters. The molecule has 1 aliphatic carbocycles. The molecule has 210 valence electrons. The number of nitrogens with zero attached hydrogens (tertiary/aromatic N) is 4. The normalized spacial score (nSPS) is 23.9. The van der Waals surface area contributed by atoms with Crippen molar-refractivity contribution in [3.8, 4) is 11.1 Å². The van der Waals surface area contributed by atoms with E-state index in [2.05, 4.69) is 28.9 Å². The van der Waals surface area contributed by atoms with Crippen LogP contribution in [-0.2, 0) is 18.1 Å². The highest BCUT2D eigenvalue weighted by Gasteiger charge is 2.48. The van der Waals surface area contributed by atoms with E-state index in [4.69, 9.17) is 4.52 Å². The lowest BCUT2D eigenvalue weighted by Gasteiger charge is -2.46. The third-order valence-electron chi connectivity index (χ3n) is 8.63. The molecule has 0 N–H and O–H groups in total. The first kappa shape index (κ1) is 26.7. The molecule has 9 heteroatoms. The Balaban J connectivity index is 1.45. The van der Waals surface area contributed by atoms with Crippen LogP contribution in [0.1, 0.15) is 67.5 Å². The first-order valence-corrected chi connectivity index (χ1v) is 13.9. The van der Waals surface area contributed by atoms with Crippen molar-refractivity contribution in [3.63, 3.8) is 0 Å². The summed E-state index contributed by atoms with van der Waals surface area (Å²) >= 11 is 0. The lowest BCUT2D eigenvalue weighted by atomic mass is 9.57. The van der Waals surface area contributed by atoms with Gasteiger partial charge in [0.1, 0.15) is 6.26 Å². The van der Waals surface area contributed by atoms with E-state index in [0.29, 0.717) is 29.5 Å². The fourth-order valence-corrected chi connectivity index (χ4v) is 6.85. The van der Waals surface area contributed by atoms with Crippen molar-refractivity contribution in [2.45, 2.75) is 64.6 Å². The van der Waals surface area contributed by atoms with Gasteiger partial charge >= 0.3 is 6.18 Å². The van der Waals surface area contributed by atoms with Gasteiger partial charge in [-0.3, -0.25) is 14.1 Å². The van der Waals surface area contributed by atoms with E-state index in [1.165, 1.54) is 12.4 Å². The van der Waals surface area contributed by atoms with E-state index >= 15 is 0 Å². The highest BCUT2D eigenvalue weighted by molar-refractivity contribution is 5.66. The van der Waals surface area contributed by atoms with E-state index in [9.17, 15) is 18.0 Å². The largest absolute Gasteiger partial charge is 0.419 e. The average molecular weight is 551 g/mol. The first-order chi connectivity index (χ1) is 19.0. The zero-order chi connectivity index (χ0) is 28.2. The number of likely N-dealkylation sites (tertiary alicyclic amines) is 1. The maximum Gasteiger partial charge on any atom is 0.419 e. The Bertz CT molecular complexity index is 1620. The van der Waals surface area contributed by atoms with Gasteiger partial charge in [0.15, 0.2) is 5.65 Å². The molecule has 0 radical (unpaired) electrons. The Morgan fingerprint density at radius 2 is 1.95 bits per heavy atom. The number of hydrogen-bond acceptors (Lipinski definition) is 5. The summed E-state index contributed by atoms with van der Waals surface area (Å²) in [6.45, 7) is 8.33. The van der Waals surface area contributed by atoms with Crippen molar-refractivity contribution in [3.05, 3.63) is 87.3 Å². The van der Waals surface area contributed by atoms with Crippen LogP contribution in [-0.4, -0.2) is 32.5 Å². The van der Waals surface area contributed by atoms with Crippen molar-refractivity contribution < 1.29 is 17.7 Å². The van der Waals surface area contributed by atoms with E-state index in [1.807, 2.05) is 31.2 Å². The molecule has 6 nitrogen and oxygen atoms in total. The molecule has 0 spiro atoms. The summed E-state index contributed by atoms with van der Waals surface area (Å²) in [5.74, 6) is 0.998. The highest BCUT2D eigenvalue weighted by Crippen LogP contribution is 2.53. The van der Waals surface area contributed by atoms with Crippen LogP contribution >= 0.6 is 0 Å². The van der Waals surface area contributed by atoms with Crippen molar-refractivity contribution in [2.24, 2.45) is 11.8 Å². The molecule has 0 unspecified atom stereocenters. The number of fused-ring (bicyclic) bond motifs is 1. The molecule has 2 fully saturated rings. The molecule has 40 heavy (non-hydrogen) atoms. The molecule has 1 aromatic carbocycles. The van der Waals surface area contributed by atoms with Crippen LogP contribution in [0.25, 0.3) is 16.8 Å². The van der Waals surface area contributed by atoms with Gasteiger partial charge in [-0.2, -0.15) is 13.2 Å². The van der Waals surface area contributed by atoms with Crippen molar-refractivity contribution in [1.82, 2.24) is 19.4 Å². The minimum Gasteiger partial charge on any atom is -0.364 e. The summed E-state index contributed by atoms with van der Waals surface area (Å²) in [6.07, 6.45) is 3.72. The Morgan fingerprint density at radius 1 is 1.15 bits per heavy atom. The Hall–Kier alpha value is -3.46. The number of halogens is 3. The molecule has 1 saturated heterocycles. The van der Waals surface area contributed by atoms with Crippen molar-refractivity contribution >= 4 is 5.65 Å². The molecule has 4 aromatic rings. The second-order valence-corrected chi connectivity index (χ2v) is 11.9. The number of alkyl halides is 3. The van der Waals surface area contributed by atoms with Gasteiger partial charge in [0.05, 0.1) is 16.8 Å². The van der Waals surface area contributed by atoms with Gasteiger partial charge in [-0.1, -0.05) is 37.2 Å². The van der Waals surface area contributed by atoms with Crippen LogP contribution in [0.4, 0.5) is 13.2 Å². The Labute approximate surface area is 230 Å². The zero-order valence-corrected chi connectivity index (χ0v) is 23.0. The van der Waals surface area contributed by atoms with Gasteiger partial charge in [-0.15, -0.1) is 0 Å². The van der Waals surface area contributed by atoms with Gasteiger partial charge in [0, 0.05) is 36.5 Å². The fourth-order valence-electron chi connectivity index (χ4n) is 6.85. The molecule has 0 bridgehead atoms. The summed E-state index contributed by atoms with van der Waals surface area (Å²) in [4.78, 5) is 20.1. The minimum atomic E-state index is -4.64. The number of rotatable bonds is 5. The maximum atomic E-state index is 14.1. The second kappa shape index (κ2) is 9.87. The molecule has 1 aliphatic heterocycles. The number of piperidine rings is 1. The molecular formula is C31H33F3N4O2. The van der Waals surface area contributed by atoms with Crippen LogP contribution in [0.2, 0.25) is 0 Å². The highest BCUT2D eigenvalue weighted by atomic mass is 19.4. The van der Waals surface area contributed by atoms with Gasteiger partial charge in [0.25, 0.3) is 5.56 Å². The van der Waals surface area contributed by atoms with Gasteiger partial charge in [-0.05, 0) is 79.8 Å². The van der Waals surface area contributed by atoms with E-state index in [0.717, 1.165) is 66.1 Å². The monoisotopic (exact) mass is 550 g/mol. The molecule has 4 heterocycles. The quantitative estimate of drug-likeness (QED) is 0.279. The van der Waals surface area contributed by atoms with Gasteiger partial charge in [0.2, 0.25) is 0 Å². The standard InChI is InChI=1S/C31H33F3N4O2/c1-19-6-5-9-37(15-19)16-22-10-26(31(32,33)34)28-35-14-25(29(39)38(28)17-22)23-7-4-8-24(11-23)30(12-20(2)13-30)27-21(3)18-40-36-27/h4,7-8,10-11,14,17-20H,5-6,9,12-13,15-16H2,1-3H3/t19-,20?,30?/m0/s1. The topological polar surface area (TPSA) is 63.6 Å². The van der Waals surface area contributed by atoms with E-state index in [-0.39, 0.29) is 16.6 Å². The van der Waals surface area contributed by atoms with Gasteiger partial charge < -0.3 is 4.52 Å². The lowest BCUT2D eigenvalue weighted by Crippen LogP contribution is -2.42. The van der Waals surface area contributed by atoms with Crippen LogP contribution in [0.15, 0.2) is 58.3 Å². The Morgan fingerprint density at radius 3 is 2.62 bits per heavy atom. The van der Waals surface area contributed by atoms with Crippen molar-refractivity contribution in [1.29, 1.82) is 0 Å². The molecule has 3 aromatic heterocycles. The van der Waals surface area contributed by atoms with Crippen LogP contribution < -0.4 is 5.56 Å². The third kappa shape index (κ3) is 4.64. The summed E-state index contributed by atoms with van der Waals surface area (Å²) in [5, 5.41) is 4.31.